The van der Waals surface area contributed by atoms with E-state index >= 15 is 0 Å². The molecule has 4 N–H and O–H groups in total. The van der Waals surface area contributed by atoms with Crippen molar-refractivity contribution in [2.24, 2.45) is 11.5 Å². The molecule has 0 amide bonds. The van der Waals surface area contributed by atoms with Crippen LogP contribution in [-0.2, 0) is 0 Å². The van der Waals surface area contributed by atoms with Gasteiger partial charge < -0.3 is 9.47 Å². The molecule has 0 bridgehead atoms. The van der Waals surface area contributed by atoms with Crippen molar-refractivity contribution in [3.05, 3.63) is 193 Å². The summed E-state index contributed by atoms with van der Waals surface area (Å²) >= 11 is -3.29. The van der Waals surface area contributed by atoms with Crippen molar-refractivity contribution < 1.29 is 35.8 Å². The SMILES string of the molecule is CCC[CH2][Sn]([CH2]CCC)([CH2]CCC)[C](/C=C\N)=C/N.CCC[CH2][Sn]([CH2]CCC)([CH2]CCC)[c]1ccnnc1.CCC[CH2][Sn]([Cl])([CH2]CCC)[CH2]CCC.Cc1cc(=O)n(-c2ccc(OC(F)(F)F)cc2)cc1-c1ccnnc1.Cc1cc(=O)n(-c2ccc(OC(F)(F)F)cc2)cc1Br.c1ccnnc1. The van der Waals surface area contributed by atoms with Gasteiger partial charge in [0.05, 0.1) is 12.4 Å². The van der Waals surface area contributed by atoms with Crippen molar-refractivity contribution in [3.63, 3.8) is 0 Å². The standard InChI is InChI=1S/C17H12F3N3O2.C13H9BrF3NO2.C4H4N2.C4H3N2.C4H7N2.9C4H9.ClH.3Sn/c1-11-8-16(24)23(10-15(11)12-6-7-21-22-9-12)13-2-4-14(5-3-13)25-17(18,19)20;1-8-6-12(19)18(7-11(8)14)9-2-4-10(5-3-9)20-13(15,16)17;2*1-2-4-6-5-3-1;5-3-1-2-4-6;9*1-3-4-2;;;;/h2-10H,1H3;2-7H,1H3;1-4H;1,3-4H;1,3-4H,5-6H2;9*1,3-4H2,2H3;1H;;;/q;;;;;;;;;;;;;;;;;+1/p-1/b;;;;3-1-,4-2?;;;;;;;;;;;;;. The third-order valence-corrected chi connectivity index (χ3v) is 64.3. The first kappa shape index (κ1) is 94.1. The Bertz CT molecular complexity index is 3460. The summed E-state index contributed by atoms with van der Waals surface area (Å²) in [5.74, 6) is -0.685. The van der Waals surface area contributed by atoms with Gasteiger partial charge in [0.2, 0.25) is 0 Å². The maximum Gasteiger partial charge on any atom is 0.573 e. The summed E-state index contributed by atoms with van der Waals surface area (Å²) < 4.78 is 100. The molecule has 0 saturated carbocycles. The summed E-state index contributed by atoms with van der Waals surface area (Å²) in [5.41, 5.74) is 15.0. The normalized spacial score (nSPS) is 11.7. The number of benzene rings is 2. The number of pyridine rings is 2. The van der Waals surface area contributed by atoms with E-state index in [4.69, 9.17) is 20.4 Å². The van der Waals surface area contributed by atoms with E-state index in [9.17, 15) is 35.9 Å². The summed E-state index contributed by atoms with van der Waals surface area (Å²) in [6.07, 6.45) is 34.0. The number of aryl methyl sites for hydroxylation is 2. The Labute approximate surface area is 635 Å². The smallest absolute Gasteiger partial charge is 0.406 e. The van der Waals surface area contributed by atoms with Gasteiger partial charge in [-0.1, -0.05) is 0 Å². The van der Waals surface area contributed by atoms with Gasteiger partial charge in [0.1, 0.15) is 11.5 Å². The molecule has 7 rings (SSSR count). The third-order valence-electron chi connectivity index (χ3n) is 17.8. The topological polar surface area (TPSA) is 192 Å². The van der Waals surface area contributed by atoms with Gasteiger partial charge in [-0.2, -0.15) is 20.4 Å². The van der Waals surface area contributed by atoms with E-state index < -0.39 is 66.7 Å². The van der Waals surface area contributed by atoms with Crippen molar-refractivity contribution in [1.29, 1.82) is 0 Å². The minimum absolute atomic E-state index is 0.268. The number of hydrogen-bond donors (Lipinski definition) is 2. The summed E-state index contributed by atoms with van der Waals surface area (Å²) in [5, 5.41) is 22.8. The summed E-state index contributed by atoms with van der Waals surface area (Å²) in [6, 6.07) is 20.7. The largest absolute Gasteiger partial charge is 0.573 e. The minimum atomic E-state index is -4.76. The van der Waals surface area contributed by atoms with Gasteiger partial charge in [0.25, 0.3) is 11.1 Å². The van der Waals surface area contributed by atoms with Gasteiger partial charge >= 0.3 is 359 Å². The minimum Gasteiger partial charge on any atom is -0.406 e. The molecule has 103 heavy (non-hydrogen) atoms. The van der Waals surface area contributed by atoms with Crippen molar-refractivity contribution in [3.8, 4) is 34.0 Å². The molecule has 25 heteroatoms. The van der Waals surface area contributed by atoms with E-state index in [0.717, 1.165) is 51.0 Å². The van der Waals surface area contributed by atoms with Gasteiger partial charge in [0, 0.05) is 63.9 Å². The molecule has 0 fully saturated rings. The molecule has 0 radical (unpaired) electrons. The van der Waals surface area contributed by atoms with Crippen molar-refractivity contribution >= 4 is 82.4 Å². The van der Waals surface area contributed by atoms with Crippen LogP contribution in [0.4, 0.5) is 26.3 Å². The van der Waals surface area contributed by atoms with Crippen molar-refractivity contribution in [2.75, 3.05) is 0 Å². The van der Waals surface area contributed by atoms with Crippen LogP contribution in [0, 0.1) is 13.8 Å². The average Bonchev–Trinajstić information content (AvgIpc) is 0.817. The number of halogens is 8. The molecule has 2 aromatic carbocycles. The van der Waals surface area contributed by atoms with Gasteiger partial charge in [-0.25, -0.2) is 0 Å². The van der Waals surface area contributed by atoms with E-state index in [1.165, 1.54) is 211 Å². The zero-order chi connectivity index (χ0) is 76.6. The predicted molar refractivity (Wildman–Crippen MR) is 425 cm³/mol. The van der Waals surface area contributed by atoms with E-state index in [-0.39, 0.29) is 22.6 Å². The molecule has 0 unspecified atom stereocenters. The number of nitrogens with two attached hydrogens (primary N) is 2. The Kier molecular flexibility index (Phi) is 48.3. The second-order valence-corrected chi connectivity index (χ2v) is 69.5. The van der Waals surface area contributed by atoms with Gasteiger partial charge in [-0.15, -0.1) is 26.3 Å². The zero-order valence-corrected chi connectivity index (χ0v) is 73.8. The van der Waals surface area contributed by atoms with E-state index in [0.29, 0.717) is 11.4 Å². The molecule has 14 nitrogen and oxygen atoms in total. The molecular weight excluding hydrogens is 1730 g/mol. The molecule has 0 aliphatic rings. The Balaban J connectivity index is 0.000000432. The Morgan fingerprint density at radius 1 is 0.495 bits per heavy atom. The number of rotatable bonds is 35. The summed E-state index contributed by atoms with van der Waals surface area (Å²) in [7, 11) is 6.89. The fourth-order valence-corrected chi connectivity index (χ4v) is 56.9. The molecule has 0 aliphatic heterocycles. The number of nitrogens with zero attached hydrogens (tertiary/aromatic N) is 8. The number of hydrogen-bond acceptors (Lipinski definition) is 12. The van der Waals surface area contributed by atoms with Crippen LogP contribution in [0.2, 0.25) is 39.9 Å². The molecule has 0 aliphatic carbocycles. The van der Waals surface area contributed by atoms with E-state index in [1.54, 1.807) is 60.7 Å². The Morgan fingerprint density at radius 2 is 0.864 bits per heavy atom. The van der Waals surface area contributed by atoms with Crippen LogP contribution >= 0.6 is 24.9 Å². The van der Waals surface area contributed by atoms with Crippen LogP contribution in [0.15, 0.2) is 171 Å². The van der Waals surface area contributed by atoms with Crippen molar-refractivity contribution in [1.82, 2.24) is 39.7 Å². The van der Waals surface area contributed by atoms with E-state index in [1.807, 2.05) is 24.5 Å². The molecule has 5 aromatic heterocycles. The zero-order valence-electron chi connectivity index (χ0n) is 62.9. The number of aromatic nitrogens is 8. The maximum atomic E-state index is 12.3. The first-order valence-corrected chi connectivity index (χ1v) is 62.3. The van der Waals surface area contributed by atoms with Gasteiger partial charge in [0.15, 0.2) is 0 Å². The molecular formula is C78H116BrClF6N10O4Sn3. The van der Waals surface area contributed by atoms with Crippen LogP contribution in [0.3, 0.4) is 0 Å². The van der Waals surface area contributed by atoms with Gasteiger partial charge in [-0.3, -0.25) is 18.7 Å². The van der Waals surface area contributed by atoms with Crippen LogP contribution in [-0.4, -0.2) is 106 Å². The van der Waals surface area contributed by atoms with Crippen LogP contribution < -0.4 is 35.6 Å². The number of alkyl halides is 6. The molecule has 5 heterocycles. The monoisotopic (exact) mass is 1840 g/mol. The fraction of sp³-hybridized carbons (Fsp3) is 0.513. The second kappa shape index (κ2) is 52.9. The average molecular weight is 1840 g/mol. The molecule has 0 atom stereocenters. The molecule has 7 aromatic rings. The number of ether oxygens (including phenoxy) is 2. The Morgan fingerprint density at radius 3 is 1.20 bits per heavy atom. The number of unbranched alkanes of at least 4 members (excludes halogenated alkanes) is 9. The quantitative estimate of drug-likeness (QED) is 0.0217. The molecule has 570 valence electrons. The summed E-state index contributed by atoms with van der Waals surface area (Å²) in [4.78, 5) is 24.1. The maximum absolute atomic E-state index is 12.3. The predicted octanol–water partition coefficient (Wildman–Crippen LogP) is 22.6. The number of allylic oxidation sites excluding steroid dienone is 2. The van der Waals surface area contributed by atoms with Crippen LogP contribution in [0.25, 0.3) is 22.5 Å². The van der Waals surface area contributed by atoms with Gasteiger partial charge in [-0.05, 0) is 108 Å². The second-order valence-electron chi connectivity index (χ2n) is 26.0. The fourth-order valence-electron chi connectivity index (χ4n) is 11.9. The molecule has 0 saturated heterocycles. The molecule has 0 spiro atoms. The Hall–Kier alpha value is -4.99. The third kappa shape index (κ3) is 37.4. The van der Waals surface area contributed by atoms with Crippen LogP contribution in [0.1, 0.15) is 189 Å². The summed E-state index contributed by atoms with van der Waals surface area (Å²) in [6.45, 7) is 24.2. The first-order chi connectivity index (χ1) is 49.3. The van der Waals surface area contributed by atoms with E-state index in [2.05, 4.69) is 137 Å². The van der Waals surface area contributed by atoms with Crippen molar-refractivity contribution in [2.45, 2.75) is 244 Å². The van der Waals surface area contributed by atoms with Crippen LogP contribution in [0.5, 0.6) is 11.5 Å². The first-order valence-electron chi connectivity index (χ1n) is 36.9.